The number of carbonyl (C=O) groups excluding carboxylic acids is 2. The normalized spacial score (nSPS) is 14.4. The number of amides is 2. The van der Waals surface area contributed by atoms with Gasteiger partial charge in [-0.25, -0.2) is 9.59 Å². The number of ether oxygens (including phenoxy) is 1. The molecule has 0 unspecified atom stereocenters. The second-order valence-corrected chi connectivity index (χ2v) is 13.5. The fourth-order valence-electron chi connectivity index (χ4n) is 5.20. The van der Waals surface area contributed by atoms with E-state index in [1.165, 1.54) is 27.6 Å². The number of aliphatic hydroxyl groups is 1. The number of thiophene rings is 2. The zero-order valence-corrected chi connectivity index (χ0v) is 26.2. The summed E-state index contributed by atoms with van der Waals surface area (Å²) in [6, 6.07) is 7.85. The molecule has 11 heteroatoms. The maximum atomic E-state index is 12.7. The average Bonchev–Trinajstić information content (AvgIpc) is 3.49. The molecule has 9 nitrogen and oxygen atoms in total. The van der Waals surface area contributed by atoms with Crippen molar-refractivity contribution in [2.75, 3.05) is 44.7 Å². The lowest BCUT2D eigenvalue weighted by atomic mass is 9.97. The number of benzene rings is 1. The van der Waals surface area contributed by atoms with E-state index in [4.69, 9.17) is 9.84 Å². The van der Waals surface area contributed by atoms with Gasteiger partial charge in [-0.2, -0.15) is 0 Å². The van der Waals surface area contributed by atoms with Crippen molar-refractivity contribution in [1.29, 1.82) is 0 Å². The lowest BCUT2D eigenvalue weighted by molar-refractivity contribution is 0.0204. The van der Waals surface area contributed by atoms with Crippen LogP contribution in [0.1, 0.15) is 66.1 Å². The number of nitrogens with zero attached hydrogens (tertiary/aromatic N) is 3. The summed E-state index contributed by atoms with van der Waals surface area (Å²) in [5, 5.41) is 19.2. The van der Waals surface area contributed by atoms with E-state index in [0.717, 1.165) is 43.9 Å². The Morgan fingerprint density at radius 3 is 2.29 bits per heavy atom. The molecule has 4 rings (SSSR count). The topological polar surface area (TPSA) is 111 Å². The van der Waals surface area contributed by atoms with Crippen molar-refractivity contribution in [3.8, 4) is 10.4 Å². The summed E-state index contributed by atoms with van der Waals surface area (Å²) in [4.78, 5) is 44.6. The highest BCUT2D eigenvalue weighted by Gasteiger charge is 2.31. The first-order valence-electron chi connectivity index (χ1n) is 13.9. The van der Waals surface area contributed by atoms with Gasteiger partial charge >= 0.3 is 12.1 Å². The lowest BCUT2D eigenvalue weighted by Gasteiger charge is -2.40. The number of carboxylic acid groups (broad SMARTS) is 1. The molecule has 0 spiro atoms. The number of likely N-dealkylation sites (N-methyl/N-ethyl adjacent to an activating group) is 1. The summed E-state index contributed by atoms with van der Waals surface area (Å²) in [7, 11) is 1.67. The number of carbonyl (C=O) groups is 3. The van der Waals surface area contributed by atoms with Gasteiger partial charge in [-0.1, -0.05) is 0 Å². The summed E-state index contributed by atoms with van der Waals surface area (Å²) < 4.78 is 7.48. The summed E-state index contributed by atoms with van der Waals surface area (Å²) >= 11 is 2.93. The van der Waals surface area contributed by atoms with Crippen molar-refractivity contribution in [2.45, 2.75) is 59.1 Å². The molecule has 2 N–H and O–H groups in total. The summed E-state index contributed by atoms with van der Waals surface area (Å²) in [6.45, 7) is 11.5. The van der Waals surface area contributed by atoms with Gasteiger partial charge in [-0.05, 0) is 82.9 Å². The second kappa shape index (κ2) is 12.4. The number of piperidine rings is 1. The number of anilines is 1. The molecular formula is C30H39N3O6S2. The van der Waals surface area contributed by atoms with Crippen LogP contribution < -0.4 is 4.90 Å². The van der Waals surface area contributed by atoms with Gasteiger partial charge in [0.05, 0.1) is 17.0 Å². The molecule has 2 amide bonds. The van der Waals surface area contributed by atoms with Crippen LogP contribution in [0.25, 0.3) is 19.8 Å². The molecule has 0 bridgehead atoms. The van der Waals surface area contributed by atoms with E-state index in [2.05, 4.69) is 17.9 Å². The van der Waals surface area contributed by atoms with Gasteiger partial charge in [0.15, 0.2) is 0 Å². The van der Waals surface area contributed by atoms with E-state index < -0.39 is 11.6 Å². The highest BCUT2D eigenvalue weighted by Crippen LogP contribution is 2.41. The third-order valence-electron chi connectivity index (χ3n) is 7.30. The first-order chi connectivity index (χ1) is 19.3. The Balaban J connectivity index is 1.61. The Morgan fingerprint density at radius 2 is 1.73 bits per heavy atom. The zero-order chi connectivity index (χ0) is 30.1. The van der Waals surface area contributed by atoms with Crippen LogP contribution in [0.2, 0.25) is 0 Å². The standard InChI is InChI=1S/C30H39N3O6S2/c1-7-33(20-8-10-32(11-9-20)29(38)39-30(3,4)5)22-15-19(14-21(18(22)2)28(36)37)23-16-24-25(40-23)17-26(41-24)27(35)31(6)12-13-34/h14-17,20,34H,7-13H2,1-6H3,(H,36,37). The fraction of sp³-hybridized carbons (Fsp3) is 0.500. The van der Waals surface area contributed by atoms with Crippen LogP contribution in [-0.2, 0) is 4.74 Å². The van der Waals surface area contributed by atoms with Crippen molar-refractivity contribution in [3.05, 3.63) is 40.3 Å². The molecule has 0 radical (unpaired) electrons. The van der Waals surface area contributed by atoms with Crippen LogP contribution in [0.15, 0.2) is 24.3 Å². The van der Waals surface area contributed by atoms with Crippen LogP contribution >= 0.6 is 22.7 Å². The first kappa shape index (κ1) is 30.8. The second-order valence-electron chi connectivity index (χ2n) is 11.4. The number of likely N-dealkylation sites (tertiary alicyclic amines) is 1. The van der Waals surface area contributed by atoms with Crippen LogP contribution in [0, 0.1) is 6.92 Å². The largest absolute Gasteiger partial charge is 0.478 e. The first-order valence-corrected chi connectivity index (χ1v) is 15.5. The lowest BCUT2D eigenvalue weighted by Crippen LogP contribution is -2.48. The van der Waals surface area contributed by atoms with Crippen molar-refractivity contribution in [3.63, 3.8) is 0 Å². The van der Waals surface area contributed by atoms with E-state index in [9.17, 15) is 19.5 Å². The molecule has 3 heterocycles. The zero-order valence-electron chi connectivity index (χ0n) is 24.5. The highest BCUT2D eigenvalue weighted by molar-refractivity contribution is 7.30. The van der Waals surface area contributed by atoms with Gasteiger partial charge in [0.2, 0.25) is 0 Å². The van der Waals surface area contributed by atoms with E-state index in [1.54, 1.807) is 18.0 Å². The van der Waals surface area contributed by atoms with Gasteiger partial charge in [-0.15, -0.1) is 22.7 Å². The SMILES string of the molecule is CCN(c1cc(-c2cc3sc(C(=O)N(C)CCO)cc3s2)cc(C(=O)O)c1C)C1CCN(C(=O)OC(C)(C)C)CC1. The monoisotopic (exact) mass is 601 g/mol. The molecule has 1 saturated heterocycles. The van der Waals surface area contributed by atoms with Gasteiger partial charge in [-0.3, -0.25) is 4.79 Å². The van der Waals surface area contributed by atoms with Gasteiger partial charge in [0, 0.05) is 59.2 Å². The van der Waals surface area contributed by atoms with Crippen LogP contribution in [0.4, 0.5) is 10.5 Å². The summed E-state index contributed by atoms with van der Waals surface area (Å²) in [5.41, 5.74) is 2.15. The third kappa shape index (κ3) is 6.85. The molecular weight excluding hydrogens is 562 g/mol. The maximum absolute atomic E-state index is 12.7. The number of hydrogen-bond donors (Lipinski definition) is 2. The summed E-state index contributed by atoms with van der Waals surface area (Å²) in [6.07, 6.45) is 1.22. The molecule has 1 aliphatic heterocycles. The van der Waals surface area contributed by atoms with Crippen molar-refractivity contribution < 1.29 is 29.3 Å². The Kier molecular flexibility index (Phi) is 9.30. The summed E-state index contributed by atoms with van der Waals surface area (Å²) in [5.74, 6) is -1.10. The molecule has 1 aromatic carbocycles. The quantitative estimate of drug-likeness (QED) is 0.329. The number of aliphatic hydroxyl groups excluding tert-OH is 1. The molecule has 3 aromatic rings. The number of carboxylic acids is 1. The van der Waals surface area contributed by atoms with E-state index >= 15 is 0 Å². The predicted molar refractivity (Wildman–Crippen MR) is 165 cm³/mol. The Hall–Kier alpha value is -3.15. The Labute approximate surface area is 248 Å². The average molecular weight is 602 g/mol. The van der Waals surface area contributed by atoms with Crippen LogP contribution in [0.3, 0.4) is 0 Å². The van der Waals surface area contributed by atoms with Crippen LogP contribution in [-0.4, -0.2) is 89.5 Å². The smallest absolute Gasteiger partial charge is 0.410 e. The minimum Gasteiger partial charge on any atom is -0.478 e. The van der Waals surface area contributed by atoms with Crippen LogP contribution in [0.5, 0.6) is 0 Å². The number of rotatable bonds is 8. The molecule has 2 aromatic heterocycles. The maximum Gasteiger partial charge on any atom is 0.410 e. The fourth-order valence-corrected chi connectivity index (χ4v) is 7.57. The van der Waals surface area contributed by atoms with E-state index in [0.29, 0.717) is 24.5 Å². The molecule has 1 aliphatic rings. The van der Waals surface area contributed by atoms with Gasteiger partial charge in [0.25, 0.3) is 5.91 Å². The third-order valence-corrected chi connectivity index (χ3v) is 9.63. The number of hydrogen-bond acceptors (Lipinski definition) is 8. The molecule has 0 atom stereocenters. The molecule has 0 aliphatic carbocycles. The minimum atomic E-state index is -0.973. The molecule has 0 saturated carbocycles. The predicted octanol–water partition coefficient (Wildman–Crippen LogP) is 5.93. The number of aromatic carboxylic acids is 1. The van der Waals surface area contributed by atoms with E-state index in [1.807, 2.05) is 39.8 Å². The van der Waals surface area contributed by atoms with Crippen molar-refractivity contribution in [1.82, 2.24) is 9.80 Å². The van der Waals surface area contributed by atoms with E-state index in [-0.39, 0.29) is 36.8 Å². The van der Waals surface area contributed by atoms with Crippen molar-refractivity contribution in [2.24, 2.45) is 0 Å². The highest BCUT2D eigenvalue weighted by atomic mass is 32.1. The molecule has 41 heavy (non-hydrogen) atoms. The molecule has 1 fully saturated rings. The Morgan fingerprint density at radius 1 is 1.07 bits per heavy atom. The van der Waals surface area contributed by atoms with Gasteiger partial charge in [0.1, 0.15) is 5.60 Å². The minimum absolute atomic E-state index is 0.0918. The van der Waals surface area contributed by atoms with Gasteiger partial charge < -0.3 is 29.6 Å². The number of fused-ring (bicyclic) bond motifs is 1. The molecule has 222 valence electrons. The van der Waals surface area contributed by atoms with Crippen molar-refractivity contribution >= 4 is 55.7 Å². The Bertz CT molecular complexity index is 1400.